The maximum Gasteiger partial charge on any atom is 0.0701 e. The highest BCUT2D eigenvalue weighted by atomic mass is 32.1. The zero-order valence-electron chi connectivity index (χ0n) is 14.3. The Balaban J connectivity index is 3.03. The number of hydrogen-bond donors (Lipinski definition) is 2. The van der Waals surface area contributed by atoms with Crippen LogP contribution in [-0.4, -0.2) is 57.5 Å². The van der Waals surface area contributed by atoms with Crippen LogP contribution in [0.5, 0.6) is 0 Å². The summed E-state index contributed by atoms with van der Waals surface area (Å²) >= 11 is 4.48. The fraction of sp³-hybridized carbons (Fsp3) is 1.00. The van der Waals surface area contributed by atoms with Crippen molar-refractivity contribution in [1.82, 2.24) is 5.32 Å². The molecule has 0 aliphatic carbocycles. The van der Waals surface area contributed by atoms with Gasteiger partial charge in [0.1, 0.15) is 0 Å². The summed E-state index contributed by atoms with van der Waals surface area (Å²) in [7, 11) is 0. The van der Waals surface area contributed by atoms with Crippen molar-refractivity contribution in [2.24, 2.45) is 5.92 Å². The Hall–Kier alpha value is 0.190. The van der Waals surface area contributed by atoms with E-state index in [1.54, 1.807) is 0 Å². The molecule has 0 saturated carbocycles. The Bertz CT molecular complexity index is 220. The van der Waals surface area contributed by atoms with Gasteiger partial charge in [-0.25, -0.2) is 0 Å². The minimum atomic E-state index is 0.0984. The summed E-state index contributed by atoms with van der Waals surface area (Å²) in [6.45, 7) is 14.7. The Kier molecular flexibility index (Phi) is 14.0. The van der Waals surface area contributed by atoms with Crippen LogP contribution < -0.4 is 5.32 Å². The molecule has 1 N–H and O–H groups in total. The van der Waals surface area contributed by atoms with E-state index >= 15 is 0 Å². The molecule has 0 atom stereocenters. The molecule has 0 aromatic heterocycles. The summed E-state index contributed by atoms with van der Waals surface area (Å²) in [5, 5.41) is 3.33. The lowest BCUT2D eigenvalue weighted by Crippen LogP contribution is -2.24. The fourth-order valence-electron chi connectivity index (χ4n) is 1.68. The molecule has 21 heavy (non-hydrogen) atoms. The van der Waals surface area contributed by atoms with Crippen LogP contribution in [0.4, 0.5) is 0 Å². The quantitative estimate of drug-likeness (QED) is 0.359. The first-order valence-electron chi connectivity index (χ1n) is 8.08. The molecular formula is C16H35NO3S. The van der Waals surface area contributed by atoms with Crippen molar-refractivity contribution in [3.8, 4) is 0 Å². The highest BCUT2D eigenvalue weighted by Crippen LogP contribution is 2.18. The first-order valence-corrected chi connectivity index (χ1v) is 8.53. The number of hydrogen-bond acceptors (Lipinski definition) is 5. The molecule has 0 radical (unpaired) electrons. The first-order chi connectivity index (χ1) is 9.92. The third-order valence-electron chi connectivity index (χ3n) is 2.80. The monoisotopic (exact) mass is 321 g/mol. The van der Waals surface area contributed by atoms with Gasteiger partial charge in [0.15, 0.2) is 0 Å². The molecule has 4 nitrogen and oxygen atoms in total. The summed E-state index contributed by atoms with van der Waals surface area (Å²) in [5.41, 5.74) is 0. The second-order valence-corrected chi connectivity index (χ2v) is 7.56. The average molecular weight is 322 g/mol. The van der Waals surface area contributed by atoms with E-state index < -0.39 is 0 Å². The normalized spacial score (nSPS) is 12.3. The Morgan fingerprint density at radius 3 is 1.95 bits per heavy atom. The van der Waals surface area contributed by atoms with Gasteiger partial charge in [-0.2, -0.15) is 12.6 Å². The summed E-state index contributed by atoms with van der Waals surface area (Å²) in [5.74, 6) is 0.687. The van der Waals surface area contributed by atoms with Crippen molar-refractivity contribution >= 4 is 12.6 Å². The van der Waals surface area contributed by atoms with E-state index in [2.05, 4.69) is 45.6 Å². The molecule has 5 heteroatoms. The maximum absolute atomic E-state index is 5.50. The Labute approximate surface area is 136 Å². The van der Waals surface area contributed by atoms with Crippen molar-refractivity contribution in [2.45, 2.75) is 45.3 Å². The highest BCUT2D eigenvalue weighted by molar-refractivity contribution is 7.81. The smallest absolute Gasteiger partial charge is 0.0701 e. The van der Waals surface area contributed by atoms with Crippen LogP contribution in [0.2, 0.25) is 0 Å². The number of thiol groups is 1. The Morgan fingerprint density at radius 1 is 0.905 bits per heavy atom. The van der Waals surface area contributed by atoms with E-state index in [1.165, 1.54) is 0 Å². The fourth-order valence-corrected chi connectivity index (χ4v) is 1.84. The second-order valence-electron chi connectivity index (χ2n) is 6.35. The molecule has 0 saturated heterocycles. The Morgan fingerprint density at radius 2 is 1.43 bits per heavy atom. The van der Waals surface area contributed by atoms with E-state index in [0.29, 0.717) is 32.3 Å². The predicted molar refractivity (Wildman–Crippen MR) is 92.5 cm³/mol. The van der Waals surface area contributed by atoms with Gasteiger partial charge in [0.2, 0.25) is 0 Å². The largest absolute Gasteiger partial charge is 0.379 e. The van der Waals surface area contributed by atoms with E-state index in [4.69, 9.17) is 14.2 Å². The molecule has 0 spiro atoms. The van der Waals surface area contributed by atoms with E-state index in [9.17, 15) is 0 Å². The number of ether oxygens (including phenoxy) is 3. The van der Waals surface area contributed by atoms with Gasteiger partial charge in [-0.15, -0.1) is 0 Å². The summed E-state index contributed by atoms with van der Waals surface area (Å²) in [6.07, 6.45) is 2.11. The zero-order valence-corrected chi connectivity index (χ0v) is 15.2. The molecule has 0 rings (SSSR count). The van der Waals surface area contributed by atoms with Crippen LogP contribution in [0.3, 0.4) is 0 Å². The van der Waals surface area contributed by atoms with E-state index in [0.717, 1.165) is 39.1 Å². The van der Waals surface area contributed by atoms with Gasteiger partial charge < -0.3 is 19.5 Å². The van der Waals surface area contributed by atoms with Crippen LogP contribution in [0.25, 0.3) is 0 Å². The molecule has 0 amide bonds. The molecule has 0 bridgehead atoms. The van der Waals surface area contributed by atoms with Crippen molar-refractivity contribution < 1.29 is 14.2 Å². The van der Waals surface area contributed by atoms with Crippen LogP contribution >= 0.6 is 12.6 Å². The van der Waals surface area contributed by atoms with Crippen molar-refractivity contribution in [3.63, 3.8) is 0 Å². The van der Waals surface area contributed by atoms with Crippen LogP contribution in [0.15, 0.2) is 0 Å². The summed E-state index contributed by atoms with van der Waals surface area (Å²) in [4.78, 5) is 0. The lowest BCUT2D eigenvalue weighted by Gasteiger charge is -2.16. The van der Waals surface area contributed by atoms with E-state index in [1.807, 2.05) is 0 Å². The highest BCUT2D eigenvalue weighted by Gasteiger charge is 2.09. The summed E-state index contributed by atoms with van der Waals surface area (Å²) in [6, 6.07) is 0. The van der Waals surface area contributed by atoms with E-state index in [-0.39, 0.29) is 4.75 Å². The van der Waals surface area contributed by atoms with Crippen LogP contribution in [0.1, 0.15) is 40.5 Å². The zero-order chi connectivity index (χ0) is 16.0. The SMILES string of the molecule is CC(C)CNCCOCCOCCOCCCC(C)(C)S. The molecule has 0 aliphatic heterocycles. The first kappa shape index (κ1) is 21.2. The number of rotatable bonds is 15. The van der Waals surface area contributed by atoms with Gasteiger partial charge in [-0.1, -0.05) is 27.7 Å². The topological polar surface area (TPSA) is 39.7 Å². The minimum Gasteiger partial charge on any atom is -0.379 e. The molecular weight excluding hydrogens is 286 g/mol. The van der Waals surface area contributed by atoms with Gasteiger partial charge in [-0.05, 0) is 25.3 Å². The van der Waals surface area contributed by atoms with Gasteiger partial charge in [0, 0.05) is 17.9 Å². The van der Waals surface area contributed by atoms with Crippen molar-refractivity contribution in [3.05, 3.63) is 0 Å². The average Bonchev–Trinajstić information content (AvgIpc) is 2.37. The molecule has 0 aromatic carbocycles. The molecule has 0 unspecified atom stereocenters. The third kappa shape index (κ3) is 20.2. The lowest BCUT2D eigenvalue weighted by atomic mass is 10.1. The van der Waals surface area contributed by atoms with Gasteiger partial charge in [0.25, 0.3) is 0 Å². The van der Waals surface area contributed by atoms with Crippen molar-refractivity contribution in [2.75, 3.05) is 52.7 Å². The van der Waals surface area contributed by atoms with Gasteiger partial charge >= 0.3 is 0 Å². The molecule has 128 valence electrons. The predicted octanol–water partition coefficient (Wildman–Crippen LogP) is 2.77. The lowest BCUT2D eigenvalue weighted by molar-refractivity contribution is 0.0143. The van der Waals surface area contributed by atoms with Gasteiger partial charge in [0.05, 0.1) is 33.0 Å². The molecule has 0 aliphatic rings. The standard InChI is InChI=1S/C16H35NO3S/c1-15(2)14-17-7-9-19-11-13-20-12-10-18-8-5-6-16(3,4)21/h15,17,21H,5-14H2,1-4H3. The summed E-state index contributed by atoms with van der Waals surface area (Å²) < 4.78 is 16.5. The molecule has 0 aromatic rings. The second kappa shape index (κ2) is 13.8. The molecule has 0 heterocycles. The minimum absolute atomic E-state index is 0.0984. The van der Waals surface area contributed by atoms with Crippen LogP contribution in [0, 0.1) is 5.92 Å². The third-order valence-corrected chi connectivity index (χ3v) is 3.02. The van der Waals surface area contributed by atoms with Gasteiger partial charge in [-0.3, -0.25) is 0 Å². The number of nitrogens with one attached hydrogen (secondary N) is 1. The molecule has 0 fully saturated rings. The maximum atomic E-state index is 5.50. The van der Waals surface area contributed by atoms with Crippen LogP contribution in [-0.2, 0) is 14.2 Å². The van der Waals surface area contributed by atoms with Crippen molar-refractivity contribution in [1.29, 1.82) is 0 Å².